The van der Waals surface area contributed by atoms with Gasteiger partial charge in [-0.15, -0.1) is 0 Å². The Balaban J connectivity index is 2.09. The molecule has 21 heavy (non-hydrogen) atoms. The number of anilines is 1. The summed E-state index contributed by atoms with van der Waals surface area (Å²) in [6.07, 6.45) is 1.88. The summed E-state index contributed by atoms with van der Waals surface area (Å²) in [4.78, 5) is 21.9. The molecule has 1 aliphatic heterocycles. The lowest BCUT2D eigenvalue weighted by atomic mass is 10.2. The van der Waals surface area contributed by atoms with Gasteiger partial charge in [-0.05, 0) is 20.3 Å². The predicted molar refractivity (Wildman–Crippen MR) is 80.0 cm³/mol. The number of nitrogens with one attached hydrogen (secondary N) is 1. The van der Waals surface area contributed by atoms with Gasteiger partial charge in [0.15, 0.2) is 9.84 Å². The summed E-state index contributed by atoms with van der Waals surface area (Å²) in [5.74, 6) is 0.643. The normalized spacial score (nSPS) is 20.2. The molecule has 0 radical (unpaired) electrons. The van der Waals surface area contributed by atoms with Crippen molar-refractivity contribution in [3.8, 4) is 0 Å². The van der Waals surface area contributed by atoms with Crippen LogP contribution in [0.2, 0.25) is 0 Å². The first kappa shape index (κ1) is 15.7. The van der Waals surface area contributed by atoms with E-state index >= 15 is 0 Å². The number of carbonyl (C=O) groups is 1. The van der Waals surface area contributed by atoms with Crippen LogP contribution < -0.4 is 5.32 Å². The van der Waals surface area contributed by atoms with Crippen molar-refractivity contribution in [1.29, 1.82) is 0 Å². The number of aromatic nitrogens is 2. The number of hydrogen-bond donors (Lipinski definition) is 1. The molecule has 7 nitrogen and oxygen atoms in total. The second-order valence-electron chi connectivity index (χ2n) is 5.01. The van der Waals surface area contributed by atoms with Crippen LogP contribution in [0.4, 0.5) is 5.82 Å². The largest absolute Gasteiger partial charge is 0.366 e. The van der Waals surface area contributed by atoms with Gasteiger partial charge in [0.25, 0.3) is 5.91 Å². The molecule has 1 aliphatic rings. The second-order valence-corrected chi connectivity index (χ2v) is 7.24. The highest BCUT2D eigenvalue weighted by Crippen LogP contribution is 2.16. The summed E-state index contributed by atoms with van der Waals surface area (Å²) in [5, 5.41) is 3.07. The van der Waals surface area contributed by atoms with E-state index < -0.39 is 9.84 Å². The van der Waals surface area contributed by atoms with Gasteiger partial charge in [-0.25, -0.2) is 18.4 Å². The number of sulfone groups is 1. The molecule has 2 heterocycles. The maximum Gasteiger partial charge on any atom is 0.272 e. The maximum absolute atomic E-state index is 12.2. The zero-order chi connectivity index (χ0) is 15.5. The molecule has 1 fully saturated rings. The fraction of sp³-hybridized carbons (Fsp3) is 0.615. The van der Waals surface area contributed by atoms with Gasteiger partial charge in [0.1, 0.15) is 17.8 Å². The van der Waals surface area contributed by atoms with Gasteiger partial charge in [0, 0.05) is 25.2 Å². The lowest BCUT2D eigenvalue weighted by molar-refractivity contribution is 0.0767. The molecule has 1 aromatic heterocycles. The van der Waals surface area contributed by atoms with Crippen LogP contribution in [0.3, 0.4) is 0 Å². The standard InChI is InChI=1S/C13H20N4O3S/c1-3-17(4-2)13(18)11-7-12(15-9-14-11)16-10-5-6-21(19,20)8-10/h7,9-10H,3-6,8H2,1-2H3,(H,14,15,16). The Morgan fingerprint density at radius 1 is 1.38 bits per heavy atom. The Hall–Kier alpha value is -1.70. The van der Waals surface area contributed by atoms with Crippen LogP contribution in [0.15, 0.2) is 12.4 Å². The van der Waals surface area contributed by atoms with E-state index in [9.17, 15) is 13.2 Å². The average Bonchev–Trinajstić information content (AvgIpc) is 2.79. The third kappa shape index (κ3) is 3.90. The Morgan fingerprint density at radius 2 is 2.10 bits per heavy atom. The third-order valence-corrected chi connectivity index (χ3v) is 5.29. The van der Waals surface area contributed by atoms with Gasteiger partial charge in [0.05, 0.1) is 11.5 Å². The fourth-order valence-electron chi connectivity index (χ4n) is 2.34. The van der Waals surface area contributed by atoms with Crippen LogP contribution >= 0.6 is 0 Å². The van der Waals surface area contributed by atoms with E-state index in [4.69, 9.17) is 0 Å². The summed E-state index contributed by atoms with van der Waals surface area (Å²) in [6, 6.07) is 1.42. The molecule has 0 bridgehead atoms. The zero-order valence-electron chi connectivity index (χ0n) is 12.2. The molecule has 0 aromatic carbocycles. The molecule has 0 saturated carbocycles. The Morgan fingerprint density at radius 3 is 2.67 bits per heavy atom. The molecule has 8 heteroatoms. The summed E-state index contributed by atoms with van der Waals surface area (Å²) in [5.41, 5.74) is 0.317. The molecule has 1 atom stereocenters. The van der Waals surface area contributed by atoms with Gasteiger partial charge in [-0.2, -0.15) is 0 Å². The molecule has 1 amide bonds. The zero-order valence-corrected chi connectivity index (χ0v) is 13.1. The van der Waals surface area contributed by atoms with Crippen molar-refractivity contribution >= 4 is 21.6 Å². The number of rotatable bonds is 5. The summed E-state index contributed by atoms with van der Waals surface area (Å²) >= 11 is 0. The number of carbonyl (C=O) groups excluding carboxylic acids is 1. The SMILES string of the molecule is CCN(CC)C(=O)c1cc(NC2CCS(=O)(=O)C2)ncn1. The fourth-order valence-corrected chi connectivity index (χ4v) is 4.02. The minimum absolute atomic E-state index is 0.107. The molecule has 0 spiro atoms. The highest BCUT2D eigenvalue weighted by atomic mass is 32.2. The van der Waals surface area contributed by atoms with Crippen molar-refractivity contribution in [2.75, 3.05) is 29.9 Å². The van der Waals surface area contributed by atoms with Crippen molar-refractivity contribution in [2.45, 2.75) is 26.3 Å². The topological polar surface area (TPSA) is 92.3 Å². The summed E-state index contributed by atoms with van der Waals surface area (Å²) < 4.78 is 22.9. The highest BCUT2D eigenvalue weighted by Gasteiger charge is 2.28. The summed E-state index contributed by atoms with van der Waals surface area (Å²) in [6.45, 7) is 5.04. The molecule has 2 rings (SSSR count). The third-order valence-electron chi connectivity index (χ3n) is 3.52. The van der Waals surface area contributed by atoms with Crippen LogP contribution in [0, 0.1) is 0 Å². The molecule has 116 valence electrons. The van der Waals surface area contributed by atoms with Gasteiger partial charge in [-0.1, -0.05) is 0 Å². The Bertz CT molecular complexity index is 614. The van der Waals surface area contributed by atoms with E-state index in [0.29, 0.717) is 31.0 Å². The second kappa shape index (κ2) is 6.38. The van der Waals surface area contributed by atoms with E-state index in [1.54, 1.807) is 11.0 Å². The first-order valence-corrected chi connectivity index (χ1v) is 8.85. The Labute approximate surface area is 124 Å². The van der Waals surface area contributed by atoms with Crippen LogP contribution in [0.5, 0.6) is 0 Å². The van der Waals surface area contributed by atoms with Crippen LogP contribution in [-0.2, 0) is 9.84 Å². The first-order valence-electron chi connectivity index (χ1n) is 7.03. The molecular weight excluding hydrogens is 292 g/mol. The summed E-state index contributed by atoms with van der Waals surface area (Å²) in [7, 11) is -2.94. The average molecular weight is 312 g/mol. The Kier molecular flexibility index (Phi) is 4.76. The van der Waals surface area contributed by atoms with E-state index in [-0.39, 0.29) is 23.5 Å². The minimum Gasteiger partial charge on any atom is -0.366 e. The van der Waals surface area contributed by atoms with Gasteiger partial charge in [-0.3, -0.25) is 4.79 Å². The predicted octanol–water partition coefficient (Wildman–Crippen LogP) is 0.558. The van der Waals surface area contributed by atoms with Crippen molar-refractivity contribution in [3.05, 3.63) is 18.1 Å². The molecule has 1 unspecified atom stereocenters. The molecular formula is C13H20N4O3S. The number of hydrogen-bond acceptors (Lipinski definition) is 6. The maximum atomic E-state index is 12.2. The molecule has 1 N–H and O–H groups in total. The van der Waals surface area contributed by atoms with E-state index in [1.165, 1.54) is 6.33 Å². The molecule has 1 saturated heterocycles. The monoisotopic (exact) mass is 312 g/mol. The van der Waals surface area contributed by atoms with Gasteiger partial charge >= 0.3 is 0 Å². The number of nitrogens with zero attached hydrogens (tertiary/aromatic N) is 3. The molecule has 1 aromatic rings. The van der Waals surface area contributed by atoms with E-state index in [2.05, 4.69) is 15.3 Å². The van der Waals surface area contributed by atoms with Crippen LogP contribution in [-0.4, -0.2) is 59.8 Å². The lowest BCUT2D eigenvalue weighted by Crippen LogP contribution is -2.31. The van der Waals surface area contributed by atoms with Gasteiger partial charge in [0.2, 0.25) is 0 Å². The van der Waals surface area contributed by atoms with Crippen LogP contribution in [0.1, 0.15) is 30.8 Å². The quantitative estimate of drug-likeness (QED) is 0.854. The van der Waals surface area contributed by atoms with Crippen LogP contribution in [0.25, 0.3) is 0 Å². The van der Waals surface area contributed by atoms with E-state index in [1.807, 2.05) is 13.8 Å². The number of amides is 1. The highest BCUT2D eigenvalue weighted by molar-refractivity contribution is 7.91. The minimum atomic E-state index is -2.94. The lowest BCUT2D eigenvalue weighted by Gasteiger charge is -2.18. The van der Waals surface area contributed by atoms with Crippen molar-refractivity contribution in [2.24, 2.45) is 0 Å². The first-order chi connectivity index (χ1) is 9.95. The van der Waals surface area contributed by atoms with Crippen molar-refractivity contribution < 1.29 is 13.2 Å². The van der Waals surface area contributed by atoms with Crippen molar-refractivity contribution in [1.82, 2.24) is 14.9 Å². The van der Waals surface area contributed by atoms with Gasteiger partial charge < -0.3 is 10.2 Å². The van der Waals surface area contributed by atoms with E-state index in [0.717, 1.165) is 0 Å². The molecule has 0 aliphatic carbocycles. The smallest absolute Gasteiger partial charge is 0.272 e. The van der Waals surface area contributed by atoms with Crippen molar-refractivity contribution in [3.63, 3.8) is 0 Å².